The van der Waals surface area contributed by atoms with E-state index >= 15 is 0 Å². The Kier molecular flexibility index (Phi) is 4.64. The largest absolute Gasteiger partial charge is 0.403 e. The molecule has 3 heterocycles. The van der Waals surface area contributed by atoms with E-state index in [0.29, 0.717) is 6.04 Å². The van der Waals surface area contributed by atoms with E-state index in [1.807, 2.05) is 0 Å². The molecule has 3 rings (SSSR count). The van der Waals surface area contributed by atoms with Crippen LogP contribution in [0.4, 0.5) is 0 Å². The molecule has 0 aromatic heterocycles. The lowest BCUT2D eigenvalue weighted by Crippen LogP contribution is -2.55. The molecule has 7 heteroatoms. The van der Waals surface area contributed by atoms with Crippen LogP contribution >= 0.6 is 0 Å². The van der Waals surface area contributed by atoms with Gasteiger partial charge in [-0.15, -0.1) is 0 Å². The molecule has 21 heavy (non-hydrogen) atoms. The molecule has 0 amide bonds. The highest BCUT2D eigenvalue weighted by Gasteiger charge is 2.31. The summed E-state index contributed by atoms with van der Waals surface area (Å²) in [7, 11) is 0. The van der Waals surface area contributed by atoms with Crippen LogP contribution in [0.2, 0.25) is 0 Å². The Morgan fingerprint density at radius 2 is 2.00 bits per heavy atom. The highest BCUT2D eigenvalue weighted by molar-refractivity contribution is 5.15. The van der Waals surface area contributed by atoms with Gasteiger partial charge in [0.05, 0.1) is 6.04 Å². The summed E-state index contributed by atoms with van der Waals surface area (Å²) in [6, 6.07) is 0.318. The Morgan fingerprint density at radius 1 is 1.19 bits per heavy atom. The molecule has 3 aliphatic rings. The second kappa shape index (κ2) is 6.65. The van der Waals surface area contributed by atoms with Gasteiger partial charge in [0, 0.05) is 50.8 Å². The molecule has 7 nitrogen and oxygen atoms in total. The molecule has 0 radical (unpaired) electrons. The second-order valence-electron chi connectivity index (χ2n) is 5.98. The van der Waals surface area contributed by atoms with E-state index in [1.165, 1.54) is 5.57 Å². The third kappa shape index (κ3) is 3.49. The van der Waals surface area contributed by atoms with Crippen LogP contribution in [-0.4, -0.2) is 54.7 Å². The first kappa shape index (κ1) is 14.6. The lowest BCUT2D eigenvalue weighted by molar-refractivity contribution is -0.0124. The van der Waals surface area contributed by atoms with Crippen molar-refractivity contribution in [1.82, 2.24) is 26.1 Å². The van der Waals surface area contributed by atoms with Crippen molar-refractivity contribution in [2.24, 2.45) is 5.73 Å². The summed E-state index contributed by atoms with van der Waals surface area (Å²) in [5.41, 5.74) is 14.1. The molecule has 3 fully saturated rings. The Balaban J connectivity index is 1.47. The van der Waals surface area contributed by atoms with E-state index in [-0.39, 0.29) is 6.17 Å². The Bertz CT molecular complexity index is 404. The van der Waals surface area contributed by atoms with Gasteiger partial charge in [0.1, 0.15) is 6.17 Å². The average molecular weight is 294 g/mol. The summed E-state index contributed by atoms with van der Waals surface area (Å²) in [5.74, 6) is 0. The molecule has 0 aromatic carbocycles. The molecule has 0 bridgehead atoms. The van der Waals surface area contributed by atoms with Crippen LogP contribution in [0.15, 0.2) is 23.7 Å². The van der Waals surface area contributed by atoms with Gasteiger partial charge in [-0.3, -0.25) is 4.90 Å². The van der Waals surface area contributed by atoms with Crippen LogP contribution in [0.1, 0.15) is 19.8 Å². The van der Waals surface area contributed by atoms with Crippen LogP contribution in [-0.2, 0) is 4.94 Å². The summed E-state index contributed by atoms with van der Waals surface area (Å²) in [6.45, 7) is 7.29. The number of piperidine rings is 1. The van der Waals surface area contributed by atoms with Crippen LogP contribution in [0, 0.1) is 0 Å². The summed E-state index contributed by atoms with van der Waals surface area (Å²) in [5, 5.41) is 3.36. The topological polar surface area (TPSA) is 77.8 Å². The highest BCUT2D eigenvalue weighted by atomic mass is 16.8. The minimum absolute atomic E-state index is 0.272. The predicted molar refractivity (Wildman–Crippen MR) is 81.3 cm³/mol. The molecule has 3 aliphatic heterocycles. The molecule has 118 valence electrons. The summed E-state index contributed by atoms with van der Waals surface area (Å²) >= 11 is 0. The first-order valence-corrected chi connectivity index (χ1v) is 7.75. The predicted octanol–water partition coefficient (Wildman–Crippen LogP) is -0.575. The zero-order valence-corrected chi connectivity index (χ0v) is 12.6. The van der Waals surface area contributed by atoms with Crippen molar-refractivity contribution in [3.05, 3.63) is 23.7 Å². The number of rotatable bonds is 2. The van der Waals surface area contributed by atoms with Crippen LogP contribution < -0.4 is 22.0 Å². The molecular weight excluding hydrogens is 268 g/mol. The summed E-state index contributed by atoms with van der Waals surface area (Å²) in [6.07, 6.45) is 6.41. The molecule has 0 saturated carbocycles. The fourth-order valence-corrected chi connectivity index (χ4v) is 3.10. The van der Waals surface area contributed by atoms with E-state index in [9.17, 15) is 0 Å². The second-order valence-corrected chi connectivity index (χ2v) is 5.98. The lowest BCUT2D eigenvalue weighted by atomic mass is 10.0. The molecule has 0 spiro atoms. The number of nitrogens with zero attached hydrogens (tertiary/aromatic N) is 2. The van der Waals surface area contributed by atoms with Gasteiger partial charge in [-0.2, -0.15) is 11.0 Å². The fraction of sp³-hybridized carbons (Fsp3) is 0.714. The standard InChI is InChI=1S/C14H26N6O/c1-11-14(18-21-17-11)20-6-4-19(5-7-20)10-12-2-3-13(8-15)16-9-12/h8,10-11,14,16-18H,2-7,9,15H2,1H3/b12-10+,13-8-. The fourth-order valence-electron chi connectivity index (χ4n) is 3.10. The quantitative estimate of drug-likeness (QED) is 0.543. The molecule has 3 saturated heterocycles. The van der Waals surface area contributed by atoms with E-state index < -0.39 is 0 Å². The van der Waals surface area contributed by atoms with E-state index in [4.69, 9.17) is 10.7 Å². The Labute approximate surface area is 126 Å². The molecule has 2 atom stereocenters. The maximum absolute atomic E-state index is 5.54. The van der Waals surface area contributed by atoms with E-state index in [0.717, 1.165) is 51.3 Å². The summed E-state index contributed by atoms with van der Waals surface area (Å²) < 4.78 is 0. The van der Waals surface area contributed by atoms with Crippen molar-refractivity contribution < 1.29 is 4.94 Å². The van der Waals surface area contributed by atoms with Gasteiger partial charge in [-0.25, -0.2) is 4.94 Å². The van der Waals surface area contributed by atoms with Crippen molar-refractivity contribution in [3.8, 4) is 0 Å². The first-order valence-electron chi connectivity index (χ1n) is 7.75. The van der Waals surface area contributed by atoms with Crippen molar-refractivity contribution in [3.63, 3.8) is 0 Å². The Hall–Kier alpha value is -1.28. The molecular formula is C14H26N6O. The summed E-state index contributed by atoms with van der Waals surface area (Å²) in [4.78, 5) is 9.97. The van der Waals surface area contributed by atoms with Crippen LogP contribution in [0.25, 0.3) is 0 Å². The zero-order chi connectivity index (χ0) is 14.7. The smallest absolute Gasteiger partial charge is 0.103 e. The monoisotopic (exact) mass is 294 g/mol. The third-order valence-electron chi connectivity index (χ3n) is 4.46. The first-order chi connectivity index (χ1) is 10.3. The zero-order valence-electron chi connectivity index (χ0n) is 12.6. The van der Waals surface area contributed by atoms with Crippen LogP contribution in [0.3, 0.4) is 0 Å². The van der Waals surface area contributed by atoms with Gasteiger partial charge in [0.15, 0.2) is 0 Å². The average Bonchev–Trinajstić information content (AvgIpc) is 2.95. The number of hydrogen-bond acceptors (Lipinski definition) is 7. The third-order valence-corrected chi connectivity index (χ3v) is 4.46. The number of piperazine rings is 1. The highest BCUT2D eigenvalue weighted by Crippen LogP contribution is 2.17. The van der Waals surface area contributed by atoms with Gasteiger partial charge < -0.3 is 16.0 Å². The maximum Gasteiger partial charge on any atom is 0.103 e. The van der Waals surface area contributed by atoms with Gasteiger partial charge in [-0.05, 0) is 25.3 Å². The van der Waals surface area contributed by atoms with Crippen molar-refractivity contribution in [1.29, 1.82) is 0 Å². The molecule has 2 unspecified atom stereocenters. The van der Waals surface area contributed by atoms with Crippen molar-refractivity contribution in [2.75, 3.05) is 32.7 Å². The van der Waals surface area contributed by atoms with Gasteiger partial charge in [0.25, 0.3) is 0 Å². The van der Waals surface area contributed by atoms with Crippen LogP contribution in [0.5, 0.6) is 0 Å². The molecule has 0 aliphatic carbocycles. The van der Waals surface area contributed by atoms with Crippen molar-refractivity contribution in [2.45, 2.75) is 32.0 Å². The normalized spacial score (nSPS) is 35.4. The number of hydrogen-bond donors (Lipinski definition) is 4. The van der Waals surface area contributed by atoms with E-state index in [2.05, 4.69) is 39.2 Å². The molecule has 5 N–H and O–H groups in total. The minimum atomic E-state index is 0.272. The van der Waals surface area contributed by atoms with Gasteiger partial charge in [-0.1, -0.05) is 0 Å². The number of hydroxylamine groups is 2. The van der Waals surface area contributed by atoms with E-state index in [1.54, 1.807) is 6.20 Å². The van der Waals surface area contributed by atoms with Gasteiger partial charge in [0.2, 0.25) is 0 Å². The lowest BCUT2D eigenvalue weighted by Gasteiger charge is -2.38. The SMILES string of the molecule is CC1NONC1N1CCN(/C=C2\CC/C(=C/N)NC2)CC1. The Morgan fingerprint density at radius 3 is 2.57 bits per heavy atom. The number of allylic oxidation sites excluding steroid dienone is 1. The number of nitrogens with one attached hydrogen (secondary N) is 3. The van der Waals surface area contributed by atoms with Crippen molar-refractivity contribution >= 4 is 0 Å². The van der Waals surface area contributed by atoms with Gasteiger partial charge >= 0.3 is 0 Å². The number of nitrogens with two attached hydrogens (primary N) is 1. The minimum Gasteiger partial charge on any atom is -0.403 e. The molecule has 0 aromatic rings. The maximum atomic E-state index is 5.54.